The van der Waals surface area contributed by atoms with E-state index < -0.39 is 0 Å². The predicted octanol–water partition coefficient (Wildman–Crippen LogP) is 2.47. The van der Waals surface area contributed by atoms with Crippen LogP contribution in [-0.2, 0) is 11.2 Å². The molecular weight excluding hydrogens is 208 g/mol. The van der Waals surface area contributed by atoms with Crippen LogP contribution < -0.4 is 0 Å². The smallest absolute Gasteiger partial charge is 0.0600 e. The first-order valence-electron chi connectivity index (χ1n) is 5.58. The van der Waals surface area contributed by atoms with Crippen molar-refractivity contribution in [2.75, 3.05) is 6.61 Å². The summed E-state index contributed by atoms with van der Waals surface area (Å²) in [5.41, 5.74) is 1.34. The van der Waals surface area contributed by atoms with Crippen LogP contribution >= 0.6 is 11.3 Å². The van der Waals surface area contributed by atoms with Gasteiger partial charge in [0.2, 0.25) is 0 Å². The molecule has 2 heterocycles. The summed E-state index contributed by atoms with van der Waals surface area (Å²) in [6.07, 6.45) is 2.86. The van der Waals surface area contributed by atoms with Gasteiger partial charge in [0, 0.05) is 12.5 Å². The molecule has 3 heteroatoms. The number of aliphatic hydroxyl groups is 1. The average molecular weight is 226 g/mol. The molecule has 0 aliphatic carbocycles. The van der Waals surface area contributed by atoms with Gasteiger partial charge < -0.3 is 9.84 Å². The van der Waals surface area contributed by atoms with E-state index in [1.54, 1.807) is 11.3 Å². The second-order valence-electron chi connectivity index (χ2n) is 4.27. The van der Waals surface area contributed by atoms with Crippen LogP contribution in [0.4, 0.5) is 0 Å². The number of aryl methyl sites for hydroxylation is 1. The summed E-state index contributed by atoms with van der Waals surface area (Å²) in [6.45, 7) is 2.87. The molecule has 84 valence electrons. The van der Waals surface area contributed by atoms with Crippen molar-refractivity contribution in [1.82, 2.24) is 0 Å². The number of hydrogen-bond donors (Lipinski definition) is 1. The van der Waals surface area contributed by atoms with Gasteiger partial charge in [-0.2, -0.15) is 11.3 Å². The van der Waals surface area contributed by atoms with E-state index in [-0.39, 0.29) is 12.2 Å². The fourth-order valence-electron chi connectivity index (χ4n) is 2.22. The van der Waals surface area contributed by atoms with E-state index in [2.05, 4.69) is 23.8 Å². The van der Waals surface area contributed by atoms with Crippen molar-refractivity contribution >= 4 is 11.3 Å². The van der Waals surface area contributed by atoms with E-state index in [9.17, 15) is 5.11 Å². The SMILES string of the molecule is CC1OCCC1C(O)CCc1ccsc1. The summed E-state index contributed by atoms with van der Waals surface area (Å²) in [4.78, 5) is 0. The molecule has 1 fully saturated rings. The Balaban J connectivity index is 1.79. The fraction of sp³-hybridized carbons (Fsp3) is 0.667. The van der Waals surface area contributed by atoms with Gasteiger partial charge in [-0.15, -0.1) is 0 Å². The number of rotatable bonds is 4. The van der Waals surface area contributed by atoms with Crippen molar-refractivity contribution in [2.45, 2.75) is 38.4 Å². The number of aliphatic hydroxyl groups excluding tert-OH is 1. The molecule has 1 aliphatic rings. The highest BCUT2D eigenvalue weighted by Gasteiger charge is 2.30. The van der Waals surface area contributed by atoms with Crippen molar-refractivity contribution in [3.8, 4) is 0 Å². The van der Waals surface area contributed by atoms with Crippen LogP contribution in [0.15, 0.2) is 16.8 Å². The van der Waals surface area contributed by atoms with Crippen molar-refractivity contribution in [1.29, 1.82) is 0 Å². The van der Waals surface area contributed by atoms with E-state index in [4.69, 9.17) is 4.74 Å². The molecule has 2 rings (SSSR count). The van der Waals surface area contributed by atoms with E-state index in [1.807, 2.05) is 0 Å². The van der Waals surface area contributed by atoms with Gasteiger partial charge in [-0.1, -0.05) is 0 Å². The van der Waals surface area contributed by atoms with Gasteiger partial charge in [0.05, 0.1) is 12.2 Å². The van der Waals surface area contributed by atoms with Crippen LogP contribution in [0, 0.1) is 5.92 Å². The predicted molar refractivity (Wildman–Crippen MR) is 62.2 cm³/mol. The van der Waals surface area contributed by atoms with Crippen molar-refractivity contribution in [2.24, 2.45) is 5.92 Å². The summed E-state index contributed by atoms with van der Waals surface area (Å²) < 4.78 is 5.47. The molecule has 0 bridgehead atoms. The van der Waals surface area contributed by atoms with Crippen molar-refractivity contribution in [3.63, 3.8) is 0 Å². The lowest BCUT2D eigenvalue weighted by Crippen LogP contribution is -2.26. The second-order valence-corrected chi connectivity index (χ2v) is 5.05. The number of thiophene rings is 1. The summed E-state index contributed by atoms with van der Waals surface area (Å²) >= 11 is 1.72. The molecule has 1 saturated heterocycles. The van der Waals surface area contributed by atoms with E-state index in [0.717, 1.165) is 25.9 Å². The molecule has 15 heavy (non-hydrogen) atoms. The molecule has 1 aromatic rings. The molecule has 1 aromatic heterocycles. The third-order valence-electron chi connectivity index (χ3n) is 3.24. The fourth-order valence-corrected chi connectivity index (χ4v) is 2.92. The molecule has 0 spiro atoms. The molecule has 3 atom stereocenters. The zero-order valence-electron chi connectivity index (χ0n) is 9.06. The highest BCUT2D eigenvalue weighted by atomic mass is 32.1. The normalized spacial score (nSPS) is 28.1. The molecule has 0 radical (unpaired) electrons. The maximum atomic E-state index is 10.0. The van der Waals surface area contributed by atoms with Crippen LogP contribution in [0.25, 0.3) is 0 Å². The van der Waals surface area contributed by atoms with Gasteiger partial charge in [-0.05, 0) is 48.6 Å². The average Bonchev–Trinajstić information content (AvgIpc) is 2.84. The maximum Gasteiger partial charge on any atom is 0.0600 e. The third-order valence-corrected chi connectivity index (χ3v) is 3.97. The summed E-state index contributed by atoms with van der Waals surface area (Å²) in [6, 6.07) is 2.13. The molecular formula is C12H18O2S. The first-order chi connectivity index (χ1) is 7.27. The molecule has 1 N–H and O–H groups in total. The minimum atomic E-state index is -0.206. The Kier molecular flexibility index (Phi) is 3.78. The quantitative estimate of drug-likeness (QED) is 0.854. The zero-order valence-corrected chi connectivity index (χ0v) is 9.87. The highest BCUT2D eigenvalue weighted by Crippen LogP contribution is 2.26. The lowest BCUT2D eigenvalue weighted by atomic mass is 9.92. The Morgan fingerprint density at radius 2 is 2.53 bits per heavy atom. The second kappa shape index (κ2) is 5.10. The first-order valence-corrected chi connectivity index (χ1v) is 6.52. The van der Waals surface area contributed by atoms with Crippen molar-refractivity contribution < 1.29 is 9.84 Å². The first kappa shape index (κ1) is 11.1. The lowest BCUT2D eigenvalue weighted by molar-refractivity contribution is 0.0398. The molecule has 3 unspecified atom stereocenters. The molecule has 2 nitrogen and oxygen atoms in total. The lowest BCUT2D eigenvalue weighted by Gasteiger charge is -2.20. The Hall–Kier alpha value is -0.380. The van der Waals surface area contributed by atoms with Crippen LogP contribution in [0.3, 0.4) is 0 Å². The summed E-state index contributed by atoms with van der Waals surface area (Å²) in [5.74, 6) is 0.337. The van der Waals surface area contributed by atoms with Crippen LogP contribution in [-0.4, -0.2) is 23.9 Å². The van der Waals surface area contributed by atoms with Gasteiger partial charge in [0.25, 0.3) is 0 Å². The zero-order chi connectivity index (χ0) is 10.7. The monoisotopic (exact) mass is 226 g/mol. The van der Waals surface area contributed by atoms with Gasteiger partial charge >= 0.3 is 0 Å². The largest absolute Gasteiger partial charge is 0.393 e. The third kappa shape index (κ3) is 2.80. The Labute approximate surface area is 94.9 Å². The van der Waals surface area contributed by atoms with Gasteiger partial charge in [-0.3, -0.25) is 0 Å². The molecule has 0 saturated carbocycles. The van der Waals surface area contributed by atoms with Crippen LogP contribution in [0.2, 0.25) is 0 Å². The van der Waals surface area contributed by atoms with E-state index in [0.29, 0.717) is 5.92 Å². The van der Waals surface area contributed by atoms with Crippen LogP contribution in [0.5, 0.6) is 0 Å². The summed E-state index contributed by atoms with van der Waals surface area (Å²) in [5, 5.41) is 14.3. The topological polar surface area (TPSA) is 29.5 Å². The molecule has 0 aromatic carbocycles. The number of ether oxygens (including phenoxy) is 1. The standard InChI is InChI=1S/C12H18O2S/c1-9-11(4-6-14-9)12(13)3-2-10-5-7-15-8-10/h5,7-9,11-13H,2-4,6H2,1H3. The Bertz CT molecular complexity index is 284. The molecule has 0 amide bonds. The minimum Gasteiger partial charge on any atom is -0.393 e. The van der Waals surface area contributed by atoms with Crippen molar-refractivity contribution in [3.05, 3.63) is 22.4 Å². The molecule has 1 aliphatic heterocycles. The van der Waals surface area contributed by atoms with E-state index >= 15 is 0 Å². The number of hydrogen-bond acceptors (Lipinski definition) is 3. The van der Waals surface area contributed by atoms with Gasteiger partial charge in [0.15, 0.2) is 0 Å². The van der Waals surface area contributed by atoms with Gasteiger partial charge in [-0.25, -0.2) is 0 Å². The van der Waals surface area contributed by atoms with E-state index in [1.165, 1.54) is 5.56 Å². The highest BCUT2D eigenvalue weighted by molar-refractivity contribution is 7.07. The minimum absolute atomic E-state index is 0.206. The summed E-state index contributed by atoms with van der Waals surface area (Å²) in [7, 11) is 0. The Morgan fingerprint density at radius 1 is 1.67 bits per heavy atom. The van der Waals surface area contributed by atoms with Crippen LogP contribution in [0.1, 0.15) is 25.3 Å². The van der Waals surface area contributed by atoms with Gasteiger partial charge in [0.1, 0.15) is 0 Å². The maximum absolute atomic E-state index is 10.0. The Morgan fingerprint density at radius 3 is 3.13 bits per heavy atom.